The van der Waals surface area contributed by atoms with Crippen molar-refractivity contribution >= 4 is 22.4 Å². The van der Waals surface area contributed by atoms with Gasteiger partial charge in [-0.3, -0.25) is 4.79 Å². The zero-order valence-corrected chi connectivity index (χ0v) is 14.3. The Labute approximate surface area is 131 Å². The smallest absolute Gasteiger partial charge is 0.229 e. The predicted octanol–water partition coefficient (Wildman–Crippen LogP) is 3.95. The Hall–Kier alpha value is -0.940. The van der Waals surface area contributed by atoms with Gasteiger partial charge in [-0.1, -0.05) is 20.8 Å². The second-order valence-corrected chi connectivity index (χ2v) is 8.13. The second kappa shape index (κ2) is 6.44. The lowest BCUT2D eigenvalue weighted by Crippen LogP contribution is -2.31. The first kappa shape index (κ1) is 16.4. The number of carbonyl (C=O) groups is 1. The Balaban J connectivity index is 1.87. The first-order valence-corrected chi connectivity index (χ1v) is 8.67. The topological polar surface area (TPSA) is 68.0 Å². The number of anilines is 1. The molecule has 1 heterocycles. The van der Waals surface area contributed by atoms with Crippen molar-refractivity contribution < 1.29 is 4.79 Å². The number of carbonyl (C=O) groups excluding carboxylic acids is 1. The van der Waals surface area contributed by atoms with Crippen LogP contribution in [0.25, 0.3) is 0 Å². The second-order valence-electron chi connectivity index (χ2n) is 7.27. The lowest BCUT2D eigenvalue weighted by molar-refractivity contribution is -0.121. The van der Waals surface area contributed by atoms with Crippen LogP contribution in [0.4, 0.5) is 5.13 Å². The molecule has 0 bridgehead atoms. The molecule has 2 rings (SSSR count). The zero-order valence-electron chi connectivity index (χ0n) is 13.5. The summed E-state index contributed by atoms with van der Waals surface area (Å²) in [5, 5.41) is 5.54. The summed E-state index contributed by atoms with van der Waals surface area (Å²) < 4.78 is 0. The fourth-order valence-corrected chi connectivity index (χ4v) is 3.80. The van der Waals surface area contributed by atoms with Crippen LogP contribution in [0.1, 0.15) is 65.1 Å². The maximum atomic E-state index is 12.3. The van der Waals surface area contributed by atoms with Crippen LogP contribution in [0.5, 0.6) is 0 Å². The van der Waals surface area contributed by atoms with Crippen molar-refractivity contribution in [1.29, 1.82) is 0 Å². The average Bonchev–Trinajstić information content (AvgIpc) is 2.86. The summed E-state index contributed by atoms with van der Waals surface area (Å²) in [4.78, 5) is 16.7. The van der Waals surface area contributed by atoms with Gasteiger partial charge in [-0.2, -0.15) is 0 Å². The van der Waals surface area contributed by atoms with Gasteiger partial charge in [0.25, 0.3) is 0 Å². The highest BCUT2D eigenvalue weighted by Gasteiger charge is 2.32. The van der Waals surface area contributed by atoms with E-state index in [-0.39, 0.29) is 17.9 Å². The van der Waals surface area contributed by atoms with Gasteiger partial charge in [-0.05, 0) is 43.9 Å². The zero-order chi connectivity index (χ0) is 15.6. The third-order valence-electron chi connectivity index (χ3n) is 4.54. The van der Waals surface area contributed by atoms with Crippen LogP contribution in [-0.2, 0) is 4.79 Å². The number of hydrogen-bond donors (Lipinski definition) is 2. The highest BCUT2D eigenvalue weighted by Crippen LogP contribution is 2.40. The molecule has 1 aliphatic rings. The SMILES string of the molecule is CC(N)c1csc(NC(=O)C2CCC(C(C)(C)C)CC2)n1. The molecule has 1 saturated carbocycles. The molecule has 0 radical (unpaired) electrons. The molecule has 1 aliphatic carbocycles. The maximum Gasteiger partial charge on any atom is 0.229 e. The number of amides is 1. The molecule has 1 atom stereocenters. The number of thiazole rings is 1. The molecule has 0 aromatic carbocycles. The monoisotopic (exact) mass is 309 g/mol. The summed E-state index contributed by atoms with van der Waals surface area (Å²) in [7, 11) is 0. The molecule has 0 saturated heterocycles. The van der Waals surface area contributed by atoms with E-state index in [1.807, 2.05) is 12.3 Å². The minimum atomic E-state index is -0.0888. The highest BCUT2D eigenvalue weighted by atomic mass is 32.1. The molecule has 1 amide bonds. The van der Waals surface area contributed by atoms with Crippen LogP contribution in [0, 0.1) is 17.3 Å². The van der Waals surface area contributed by atoms with Gasteiger partial charge in [-0.25, -0.2) is 4.98 Å². The van der Waals surface area contributed by atoms with E-state index in [1.165, 1.54) is 11.3 Å². The number of nitrogens with two attached hydrogens (primary N) is 1. The minimum absolute atomic E-state index is 0.0888. The molecule has 1 fully saturated rings. The van der Waals surface area contributed by atoms with Gasteiger partial charge >= 0.3 is 0 Å². The molecule has 4 nitrogen and oxygen atoms in total. The number of rotatable bonds is 3. The van der Waals surface area contributed by atoms with Crippen molar-refractivity contribution in [3.8, 4) is 0 Å². The van der Waals surface area contributed by atoms with Gasteiger partial charge in [0.1, 0.15) is 0 Å². The normalized spacial score (nSPS) is 24.6. The Morgan fingerprint density at radius 1 is 1.38 bits per heavy atom. The van der Waals surface area contributed by atoms with E-state index >= 15 is 0 Å². The van der Waals surface area contributed by atoms with E-state index in [9.17, 15) is 4.79 Å². The summed E-state index contributed by atoms with van der Waals surface area (Å²) in [6.07, 6.45) is 4.26. The number of aromatic nitrogens is 1. The summed E-state index contributed by atoms with van der Waals surface area (Å²) in [6, 6.07) is -0.0888. The van der Waals surface area contributed by atoms with E-state index in [1.54, 1.807) is 0 Å². The van der Waals surface area contributed by atoms with Crippen molar-refractivity contribution in [2.24, 2.45) is 23.0 Å². The van der Waals surface area contributed by atoms with E-state index in [2.05, 4.69) is 31.1 Å². The van der Waals surface area contributed by atoms with Crippen LogP contribution in [-0.4, -0.2) is 10.9 Å². The van der Waals surface area contributed by atoms with Gasteiger partial charge in [-0.15, -0.1) is 11.3 Å². The molecule has 1 aromatic rings. The Bertz CT molecular complexity index is 482. The van der Waals surface area contributed by atoms with Crippen molar-refractivity contribution in [3.63, 3.8) is 0 Å². The quantitative estimate of drug-likeness (QED) is 0.888. The van der Waals surface area contributed by atoms with Crippen LogP contribution in [0.2, 0.25) is 0 Å². The molecule has 21 heavy (non-hydrogen) atoms. The van der Waals surface area contributed by atoms with Crippen LogP contribution >= 0.6 is 11.3 Å². The number of nitrogens with zero attached hydrogens (tertiary/aromatic N) is 1. The minimum Gasteiger partial charge on any atom is -0.323 e. The molecule has 1 aromatic heterocycles. The summed E-state index contributed by atoms with van der Waals surface area (Å²) in [6.45, 7) is 8.78. The summed E-state index contributed by atoms with van der Waals surface area (Å²) in [5.74, 6) is 0.977. The van der Waals surface area contributed by atoms with E-state index < -0.39 is 0 Å². The largest absolute Gasteiger partial charge is 0.323 e. The molecular weight excluding hydrogens is 282 g/mol. The fraction of sp³-hybridized carbons (Fsp3) is 0.750. The van der Waals surface area contributed by atoms with Gasteiger partial charge in [0.2, 0.25) is 5.91 Å². The van der Waals surface area contributed by atoms with Crippen molar-refractivity contribution in [3.05, 3.63) is 11.1 Å². The Kier molecular flexibility index (Phi) is 5.04. The average molecular weight is 309 g/mol. The number of nitrogens with one attached hydrogen (secondary N) is 1. The first-order valence-electron chi connectivity index (χ1n) is 7.79. The van der Waals surface area contributed by atoms with Gasteiger partial charge < -0.3 is 11.1 Å². The summed E-state index contributed by atoms with van der Waals surface area (Å²) >= 11 is 1.45. The third kappa shape index (κ3) is 4.27. The lowest BCUT2D eigenvalue weighted by Gasteiger charge is -2.36. The highest BCUT2D eigenvalue weighted by molar-refractivity contribution is 7.13. The molecule has 1 unspecified atom stereocenters. The fourth-order valence-electron chi connectivity index (χ4n) is 2.98. The van der Waals surface area contributed by atoms with Gasteiger partial charge in [0.15, 0.2) is 5.13 Å². The van der Waals surface area contributed by atoms with Crippen LogP contribution in [0.3, 0.4) is 0 Å². The van der Waals surface area contributed by atoms with Gasteiger partial charge in [0.05, 0.1) is 5.69 Å². The Morgan fingerprint density at radius 3 is 2.48 bits per heavy atom. The molecule has 3 N–H and O–H groups in total. The third-order valence-corrected chi connectivity index (χ3v) is 5.32. The molecule has 5 heteroatoms. The molecular formula is C16H27N3OS. The predicted molar refractivity (Wildman–Crippen MR) is 88.2 cm³/mol. The van der Waals surface area contributed by atoms with Crippen molar-refractivity contribution in [2.45, 2.75) is 59.4 Å². The Morgan fingerprint density at radius 2 is 2.00 bits per heavy atom. The molecule has 118 valence electrons. The summed E-state index contributed by atoms with van der Waals surface area (Å²) in [5.41, 5.74) is 6.98. The lowest BCUT2D eigenvalue weighted by atomic mass is 9.70. The van der Waals surface area contributed by atoms with Crippen LogP contribution in [0.15, 0.2) is 5.38 Å². The van der Waals surface area contributed by atoms with E-state index in [4.69, 9.17) is 5.73 Å². The van der Waals surface area contributed by atoms with E-state index in [0.29, 0.717) is 10.5 Å². The van der Waals surface area contributed by atoms with Crippen molar-refractivity contribution in [2.75, 3.05) is 5.32 Å². The van der Waals surface area contributed by atoms with Crippen LogP contribution < -0.4 is 11.1 Å². The van der Waals surface area contributed by atoms with E-state index in [0.717, 1.165) is 37.3 Å². The standard InChI is InChI=1S/C16H27N3OS/c1-10(17)13-9-21-15(18-13)19-14(20)11-5-7-12(8-6-11)16(2,3)4/h9-12H,5-8,17H2,1-4H3,(H,18,19,20). The molecule has 0 spiro atoms. The number of hydrogen-bond acceptors (Lipinski definition) is 4. The maximum absolute atomic E-state index is 12.3. The van der Waals surface area contributed by atoms with Crippen molar-refractivity contribution in [1.82, 2.24) is 4.98 Å². The molecule has 0 aliphatic heterocycles. The van der Waals surface area contributed by atoms with Gasteiger partial charge in [0, 0.05) is 17.3 Å². The first-order chi connectivity index (χ1) is 9.77.